The Labute approximate surface area is 121 Å². The second-order valence-electron chi connectivity index (χ2n) is 5.12. The van der Waals surface area contributed by atoms with Crippen LogP contribution in [0.25, 0.3) is 0 Å². The largest absolute Gasteiger partial charge is 0.334 e. The van der Waals surface area contributed by atoms with Gasteiger partial charge in [0.25, 0.3) is 5.91 Å². The third-order valence-corrected chi connectivity index (χ3v) is 4.31. The molecular weight excluding hydrogens is 311 g/mol. The first-order valence-electron chi connectivity index (χ1n) is 6.49. The fraction of sp³-hybridized carbons (Fsp3) is 0.500. The lowest BCUT2D eigenvalue weighted by atomic mass is 9.92. The van der Waals surface area contributed by atoms with Crippen molar-refractivity contribution in [2.45, 2.75) is 25.8 Å². The van der Waals surface area contributed by atoms with Gasteiger partial charge in [-0.15, -0.1) is 0 Å². The molecule has 19 heavy (non-hydrogen) atoms. The van der Waals surface area contributed by atoms with Crippen LogP contribution in [0.3, 0.4) is 0 Å². The quantitative estimate of drug-likeness (QED) is 0.907. The zero-order chi connectivity index (χ0) is 14.0. The summed E-state index contributed by atoms with van der Waals surface area (Å²) in [5, 5.41) is 0. The van der Waals surface area contributed by atoms with Crippen LogP contribution in [0.2, 0.25) is 0 Å². The Morgan fingerprint density at radius 2 is 2.32 bits per heavy atom. The first-order valence-corrected chi connectivity index (χ1v) is 7.29. The molecule has 1 saturated heterocycles. The number of piperidine rings is 1. The predicted octanol–water partition coefficient (Wildman–Crippen LogP) is 2.79. The Bertz CT molecular complexity index is 481. The number of nitrogens with two attached hydrogens (primary N) is 1. The Kier molecular flexibility index (Phi) is 4.58. The summed E-state index contributed by atoms with van der Waals surface area (Å²) in [6.45, 7) is 3.23. The number of nitrogens with zero attached hydrogens (tertiary/aromatic N) is 1. The van der Waals surface area contributed by atoms with E-state index in [2.05, 4.69) is 22.9 Å². The number of likely N-dealkylation sites (tertiary alicyclic amines) is 1. The topological polar surface area (TPSA) is 46.3 Å². The van der Waals surface area contributed by atoms with Gasteiger partial charge in [-0.2, -0.15) is 0 Å². The van der Waals surface area contributed by atoms with Crippen LogP contribution in [0.1, 0.15) is 30.1 Å². The van der Waals surface area contributed by atoms with Crippen molar-refractivity contribution in [2.75, 3.05) is 13.1 Å². The van der Waals surface area contributed by atoms with E-state index in [1.54, 1.807) is 17.0 Å². The highest BCUT2D eigenvalue weighted by Gasteiger charge is 2.30. The maximum absolute atomic E-state index is 14.0. The highest BCUT2D eigenvalue weighted by atomic mass is 79.9. The number of hydrogen-bond acceptors (Lipinski definition) is 2. The number of hydrogen-bond donors (Lipinski definition) is 1. The van der Waals surface area contributed by atoms with Gasteiger partial charge in [0.15, 0.2) is 0 Å². The van der Waals surface area contributed by atoms with E-state index in [0.717, 1.165) is 12.8 Å². The maximum atomic E-state index is 14.0. The van der Waals surface area contributed by atoms with Crippen LogP contribution in [0.15, 0.2) is 22.7 Å². The molecule has 1 amide bonds. The molecule has 1 aromatic rings. The van der Waals surface area contributed by atoms with E-state index in [1.165, 1.54) is 6.07 Å². The molecule has 3 nitrogen and oxygen atoms in total. The van der Waals surface area contributed by atoms with Crippen molar-refractivity contribution in [3.05, 3.63) is 34.1 Å². The average Bonchev–Trinajstić information content (AvgIpc) is 2.41. The van der Waals surface area contributed by atoms with E-state index in [1.807, 2.05) is 0 Å². The minimum Gasteiger partial charge on any atom is -0.334 e. The van der Waals surface area contributed by atoms with Crippen LogP contribution in [-0.4, -0.2) is 29.9 Å². The second-order valence-corrected chi connectivity index (χ2v) is 5.97. The lowest BCUT2D eigenvalue weighted by Gasteiger charge is -2.38. The van der Waals surface area contributed by atoms with Gasteiger partial charge in [0.05, 0.1) is 10.0 Å². The monoisotopic (exact) mass is 328 g/mol. The van der Waals surface area contributed by atoms with Crippen molar-refractivity contribution in [3.8, 4) is 0 Å². The number of halogens is 2. The smallest absolute Gasteiger partial charge is 0.257 e. The molecule has 5 heteroatoms. The van der Waals surface area contributed by atoms with Crippen LogP contribution in [0, 0.1) is 11.7 Å². The predicted molar refractivity (Wildman–Crippen MR) is 76.4 cm³/mol. The lowest BCUT2D eigenvalue weighted by Crippen LogP contribution is -2.49. The van der Waals surface area contributed by atoms with Crippen molar-refractivity contribution in [2.24, 2.45) is 11.7 Å². The Morgan fingerprint density at radius 1 is 1.58 bits per heavy atom. The van der Waals surface area contributed by atoms with Crippen LogP contribution in [-0.2, 0) is 0 Å². The van der Waals surface area contributed by atoms with Crippen LogP contribution >= 0.6 is 15.9 Å². The van der Waals surface area contributed by atoms with Gasteiger partial charge >= 0.3 is 0 Å². The molecule has 0 saturated carbocycles. The lowest BCUT2D eigenvalue weighted by molar-refractivity contribution is 0.0569. The van der Waals surface area contributed by atoms with E-state index in [-0.39, 0.29) is 17.5 Å². The Hall–Kier alpha value is -0.940. The number of carbonyl (C=O) groups excluding carboxylic acids is 1. The molecule has 2 unspecified atom stereocenters. The molecule has 0 bridgehead atoms. The highest BCUT2D eigenvalue weighted by molar-refractivity contribution is 9.10. The second kappa shape index (κ2) is 6.01. The number of amides is 1. The zero-order valence-electron chi connectivity index (χ0n) is 10.9. The fourth-order valence-corrected chi connectivity index (χ4v) is 2.93. The van der Waals surface area contributed by atoms with Gasteiger partial charge in [-0.05, 0) is 46.8 Å². The van der Waals surface area contributed by atoms with Gasteiger partial charge in [-0.25, -0.2) is 4.39 Å². The van der Waals surface area contributed by atoms with Crippen molar-refractivity contribution in [3.63, 3.8) is 0 Å². The average molecular weight is 329 g/mol. The van der Waals surface area contributed by atoms with Crippen LogP contribution in [0.5, 0.6) is 0 Å². The van der Waals surface area contributed by atoms with Crippen LogP contribution < -0.4 is 5.73 Å². The number of benzene rings is 1. The SMILES string of the molecule is CC1CCN(C(=O)c2cccc(Br)c2F)C(CN)C1. The van der Waals surface area contributed by atoms with Crippen molar-refractivity contribution in [1.82, 2.24) is 4.90 Å². The molecule has 1 heterocycles. The normalized spacial score (nSPS) is 23.5. The minimum absolute atomic E-state index is 0.00892. The summed E-state index contributed by atoms with van der Waals surface area (Å²) in [4.78, 5) is 14.2. The van der Waals surface area contributed by atoms with Crippen LogP contribution in [0.4, 0.5) is 4.39 Å². The molecule has 104 valence electrons. The molecule has 0 radical (unpaired) electrons. The van der Waals surface area contributed by atoms with Crippen molar-refractivity contribution < 1.29 is 9.18 Å². The molecule has 0 aliphatic carbocycles. The standard InChI is InChI=1S/C14H18BrFN2O/c1-9-5-6-18(10(7-9)8-17)14(19)11-3-2-4-12(15)13(11)16/h2-4,9-10H,5-8,17H2,1H3. The number of carbonyl (C=O) groups is 1. The summed E-state index contributed by atoms with van der Waals surface area (Å²) < 4.78 is 14.3. The maximum Gasteiger partial charge on any atom is 0.257 e. The summed E-state index contributed by atoms with van der Waals surface area (Å²) in [6, 6.07) is 4.79. The highest BCUT2D eigenvalue weighted by Crippen LogP contribution is 2.26. The van der Waals surface area contributed by atoms with Gasteiger partial charge in [-0.3, -0.25) is 4.79 Å². The third-order valence-electron chi connectivity index (χ3n) is 3.69. The molecule has 2 atom stereocenters. The molecule has 2 rings (SSSR count). The third kappa shape index (κ3) is 2.98. The van der Waals surface area contributed by atoms with Gasteiger partial charge in [0, 0.05) is 19.1 Å². The van der Waals surface area contributed by atoms with E-state index in [9.17, 15) is 9.18 Å². The van der Waals surface area contributed by atoms with Crippen molar-refractivity contribution in [1.29, 1.82) is 0 Å². The molecular formula is C14H18BrFN2O. The summed E-state index contributed by atoms with van der Waals surface area (Å²) in [5.41, 5.74) is 5.86. The molecule has 0 aromatic heterocycles. The summed E-state index contributed by atoms with van der Waals surface area (Å²) >= 11 is 3.11. The van der Waals surface area contributed by atoms with E-state index >= 15 is 0 Å². The molecule has 0 spiro atoms. The molecule has 1 aromatic carbocycles. The van der Waals surface area contributed by atoms with Gasteiger partial charge in [-0.1, -0.05) is 13.0 Å². The van der Waals surface area contributed by atoms with E-state index in [0.29, 0.717) is 23.5 Å². The van der Waals surface area contributed by atoms with E-state index in [4.69, 9.17) is 5.73 Å². The zero-order valence-corrected chi connectivity index (χ0v) is 12.5. The van der Waals surface area contributed by atoms with Gasteiger partial charge in [0.2, 0.25) is 0 Å². The minimum atomic E-state index is -0.498. The van der Waals surface area contributed by atoms with E-state index < -0.39 is 5.82 Å². The summed E-state index contributed by atoms with van der Waals surface area (Å²) in [6.07, 6.45) is 1.83. The summed E-state index contributed by atoms with van der Waals surface area (Å²) in [7, 11) is 0. The Morgan fingerprint density at radius 3 is 3.00 bits per heavy atom. The molecule has 1 aliphatic rings. The first kappa shape index (κ1) is 14.5. The van der Waals surface area contributed by atoms with Gasteiger partial charge < -0.3 is 10.6 Å². The molecule has 1 aliphatic heterocycles. The number of rotatable bonds is 2. The van der Waals surface area contributed by atoms with Crippen molar-refractivity contribution >= 4 is 21.8 Å². The first-order chi connectivity index (χ1) is 9.04. The van der Waals surface area contributed by atoms with Gasteiger partial charge in [0.1, 0.15) is 5.82 Å². The fourth-order valence-electron chi connectivity index (χ4n) is 2.57. The Balaban J connectivity index is 2.25. The molecule has 1 fully saturated rings. The molecule has 2 N–H and O–H groups in total. The summed E-state index contributed by atoms with van der Waals surface area (Å²) in [5.74, 6) is -0.201.